The highest BCUT2D eigenvalue weighted by atomic mass is 16.4. The van der Waals surface area contributed by atoms with Gasteiger partial charge < -0.3 is 5.11 Å². The zero-order valence-corrected chi connectivity index (χ0v) is 6.29. The molecule has 0 aromatic heterocycles. The van der Waals surface area contributed by atoms with Gasteiger partial charge in [0.05, 0.1) is 5.92 Å². The Kier molecular flexibility index (Phi) is 1.31. The van der Waals surface area contributed by atoms with Crippen molar-refractivity contribution in [2.45, 2.75) is 19.3 Å². The molecule has 0 aromatic carbocycles. The second-order valence-electron chi connectivity index (χ2n) is 3.65. The van der Waals surface area contributed by atoms with Gasteiger partial charge in [0, 0.05) is 0 Å². The summed E-state index contributed by atoms with van der Waals surface area (Å²) in [5, 5.41) is 8.77. The average Bonchev–Trinajstić information content (AvgIpc) is 2.43. The van der Waals surface area contributed by atoms with Crippen LogP contribution in [0.25, 0.3) is 0 Å². The molecule has 2 rings (SSSR count). The summed E-state index contributed by atoms with van der Waals surface area (Å²) in [5.41, 5.74) is 1.03. The van der Waals surface area contributed by atoms with Crippen LogP contribution in [0.3, 0.4) is 0 Å². The monoisotopic (exact) mass is 151 g/mol. The van der Waals surface area contributed by atoms with Gasteiger partial charge in [-0.1, -0.05) is 12.2 Å². The standard InChI is InChI=1S/C9H11O2/c1-5-2-7-3-6(5)4-8(7)9(10)11/h1,6-8H,2-4H2,(H,10,11). The van der Waals surface area contributed by atoms with Crippen molar-refractivity contribution in [2.24, 2.45) is 17.8 Å². The summed E-state index contributed by atoms with van der Waals surface area (Å²) < 4.78 is 0. The van der Waals surface area contributed by atoms with Crippen LogP contribution in [0.15, 0.2) is 5.57 Å². The Bertz CT molecular complexity index is 220. The molecule has 3 atom stereocenters. The minimum absolute atomic E-state index is 0.104. The summed E-state index contributed by atoms with van der Waals surface area (Å²) in [6.07, 6.45) is 2.65. The molecule has 0 saturated heterocycles. The minimum atomic E-state index is -0.634. The summed E-state index contributed by atoms with van der Waals surface area (Å²) >= 11 is 0. The number of fused-ring (bicyclic) bond motifs is 2. The summed E-state index contributed by atoms with van der Waals surface area (Å²) in [6.45, 7) is 5.71. The average molecular weight is 151 g/mol. The highest BCUT2D eigenvalue weighted by Crippen LogP contribution is 2.50. The molecule has 2 bridgehead atoms. The van der Waals surface area contributed by atoms with Gasteiger partial charge in [-0.15, -0.1) is 0 Å². The quantitative estimate of drug-likeness (QED) is 0.616. The Balaban J connectivity index is 2.14. The molecule has 2 aliphatic rings. The lowest BCUT2D eigenvalue weighted by molar-refractivity contribution is -0.143. The predicted octanol–water partition coefficient (Wildman–Crippen LogP) is 1.48. The number of rotatable bonds is 1. The van der Waals surface area contributed by atoms with Crippen LogP contribution < -0.4 is 0 Å². The number of carbonyl (C=O) groups is 1. The molecule has 3 unspecified atom stereocenters. The van der Waals surface area contributed by atoms with E-state index in [0.29, 0.717) is 11.8 Å². The molecule has 0 amide bonds. The number of aliphatic carboxylic acids is 1. The molecule has 0 spiro atoms. The van der Waals surface area contributed by atoms with Gasteiger partial charge in [-0.05, 0) is 31.1 Å². The first kappa shape index (κ1) is 6.89. The molecule has 1 N–H and O–H groups in total. The molecule has 2 heteroatoms. The third kappa shape index (κ3) is 0.889. The maximum atomic E-state index is 10.6. The number of carboxylic acids is 1. The third-order valence-corrected chi connectivity index (χ3v) is 3.03. The molecule has 2 fully saturated rings. The van der Waals surface area contributed by atoms with Gasteiger partial charge in [0.2, 0.25) is 0 Å². The molecule has 1 radical (unpaired) electrons. The maximum absolute atomic E-state index is 10.6. The van der Waals surface area contributed by atoms with Crippen LogP contribution in [0.1, 0.15) is 19.3 Å². The van der Waals surface area contributed by atoms with E-state index in [1.54, 1.807) is 0 Å². The maximum Gasteiger partial charge on any atom is 0.306 e. The van der Waals surface area contributed by atoms with Crippen molar-refractivity contribution in [3.8, 4) is 0 Å². The molecule has 0 heterocycles. The van der Waals surface area contributed by atoms with E-state index < -0.39 is 5.97 Å². The fraction of sp³-hybridized carbons (Fsp3) is 0.667. The van der Waals surface area contributed by atoms with E-state index in [0.717, 1.165) is 24.8 Å². The molecular weight excluding hydrogens is 140 g/mol. The van der Waals surface area contributed by atoms with E-state index in [9.17, 15) is 4.79 Å². The zero-order valence-electron chi connectivity index (χ0n) is 6.29. The van der Waals surface area contributed by atoms with E-state index in [1.165, 1.54) is 0 Å². The van der Waals surface area contributed by atoms with Crippen LogP contribution in [0, 0.1) is 24.3 Å². The lowest BCUT2D eigenvalue weighted by Gasteiger charge is -2.18. The van der Waals surface area contributed by atoms with Crippen LogP contribution in [0.4, 0.5) is 0 Å². The summed E-state index contributed by atoms with van der Waals surface area (Å²) in [5.74, 6) is 0.0240. The number of allylic oxidation sites excluding steroid dienone is 1. The van der Waals surface area contributed by atoms with Crippen LogP contribution in [-0.4, -0.2) is 11.1 Å². The van der Waals surface area contributed by atoms with Crippen LogP contribution in [-0.2, 0) is 4.79 Å². The second kappa shape index (κ2) is 2.10. The highest BCUT2D eigenvalue weighted by Gasteiger charge is 2.45. The van der Waals surface area contributed by atoms with Crippen molar-refractivity contribution in [2.75, 3.05) is 0 Å². The van der Waals surface area contributed by atoms with Gasteiger partial charge in [-0.3, -0.25) is 4.79 Å². The van der Waals surface area contributed by atoms with E-state index in [-0.39, 0.29) is 5.92 Å². The first-order valence-electron chi connectivity index (χ1n) is 4.02. The Morgan fingerprint density at radius 3 is 2.64 bits per heavy atom. The molecule has 2 aliphatic carbocycles. The van der Waals surface area contributed by atoms with Gasteiger partial charge in [0.15, 0.2) is 0 Å². The lowest BCUT2D eigenvalue weighted by atomic mass is 9.87. The molecule has 11 heavy (non-hydrogen) atoms. The lowest BCUT2D eigenvalue weighted by Crippen LogP contribution is -2.20. The van der Waals surface area contributed by atoms with E-state index in [1.807, 2.05) is 0 Å². The van der Waals surface area contributed by atoms with Crippen molar-refractivity contribution in [1.29, 1.82) is 0 Å². The SMILES string of the molecule is [CH]=C1CC2CC1CC2C(=O)O. The van der Waals surface area contributed by atoms with Crippen molar-refractivity contribution in [3.05, 3.63) is 12.2 Å². The number of hydrogen-bond donors (Lipinski definition) is 1. The molecular formula is C9H11O2. The molecule has 0 aliphatic heterocycles. The summed E-state index contributed by atoms with van der Waals surface area (Å²) in [4.78, 5) is 10.6. The van der Waals surface area contributed by atoms with Crippen molar-refractivity contribution in [3.63, 3.8) is 0 Å². The number of hydrogen-bond acceptors (Lipinski definition) is 1. The fourth-order valence-electron chi connectivity index (χ4n) is 2.43. The zero-order chi connectivity index (χ0) is 8.01. The van der Waals surface area contributed by atoms with Crippen LogP contribution in [0.5, 0.6) is 0 Å². The molecule has 59 valence electrons. The molecule has 2 saturated carbocycles. The second-order valence-corrected chi connectivity index (χ2v) is 3.65. The largest absolute Gasteiger partial charge is 0.481 e. The van der Waals surface area contributed by atoms with Crippen molar-refractivity contribution < 1.29 is 9.90 Å². The Morgan fingerprint density at radius 2 is 2.27 bits per heavy atom. The first-order chi connectivity index (χ1) is 5.18. The topological polar surface area (TPSA) is 37.3 Å². The molecule has 0 aromatic rings. The Labute approximate surface area is 65.9 Å². The smallest absolute Gasteiger partial charge is 0.306 e. The summed E-state index contributed by atoms with van der Waals surface area (Å²) in [6, 6.07) is 0. The van der Waals surface area contributed by atoms with Crippen molar-refractivity contribution >= 4 is 5.97 Å². The van der Waals surface area contributed by atoms with Crippen LogP contribution >= 0.6 is 0 Å². The molecule has 2 nitrogen and oxygen atoms in total. The normalized spacial score (nSPS) is 41.5. The van der Waals surface area contributed by atoms with Gasteiger partial charge in [-0.25, -0.2) is 0 Å². The van der Waals surface area contributed by atoms with E-state index in [4.69, 9.17) is 11.7 Å². The van der Waals surface area contributed by atoms with Crippen LogP contribution in [0.2, 0.25) is 0 Å². The van der Waals surface area contributed by atoms with Gasteiger partial charge in [-0.2, -0.15) is 0 Å². The van der Waals surface area contributed by atoms with E-state index >= 15 is 0 Å². The van der Waals surface area contributed by atoms with Gasteiger partial charge in [0.1, 0.15) is 0 Å². The van der Waals surface area contributed by atoms with Gasteiger partial charge in [0.25, 0.3) is 0 Å². The highest BCUT2D eigenvalue weighted by molar-refractivity contribution is 5.71. The minimum Gasteiger partial charge on any atom is -0.481 e. The predicted molar refractivity (Wildman–Crippen MR) is 39.8 cm³/mol. The van der Waals surface area contributed by atoms with E-state index in [2.05, 4.69) is 0 Å². The number of carboxylic acid groups (broad SMARTS) is 1. The fourth-order valence-corrected chi connectivity index (χ4v) is 2.43. The van der Waals surface area contributed by atoms with Gasteiger partial charge >= 0.3 is 5.97 Å². The summed E-state index contributed by atoms with van der Waals surface area (Å²) in [7, 11) is 0. The third-order valence-electron chi connectivity index (χ3n) is 3.03. The Hall–Kier alpha value is -0.790. The first-order valence-corrected chi connectivity index (χ1v) is 4.02. The van der Waals surface area contributed by atoms with Crippen molar-refractivity contribution in [1.82, 2.24) is 0 Å². The Morgan fingerprint density at radius 1 is 1.55 bits per heavy atom.